The molecule has 0 aliphatic heterocycles. The van der Waals surface area contributed by atoms with Gasteiger partial charge < -0.3 is 9.53 Å². The quantitative estimate of drug-likeness (QED) is 0.271. The van der Waals surface area contributed by atoms with E-state index in [-0.39, 0.29) is 17.7 Å². The van der Waals surface area contributed by atoms with Crippen molar-refractivity contribution in [1.82, 2.24) is 0 Å². The van der Waals surface area contributed by atoms with Crippen molar-refractivity contribution in [3.63, 3.8) is 0 Å². The summed E-state index contributed by atoms with van der Waals surface area (Å²) in [4.78, 5) is 0. The summed E-state index contributed by atoms with van der Waals surface area (Å²) in [5.74, 6) is 0. The molecular weight excluding hydrogens is 396 g/mol. The maximum Gasteiger partial charge on any atom is 0.262 e. The Labute approximate surface area is 188 Å². The zero-order chi connectivity index (χ0) is 22.2. The smallest absolute Gasteiger partial charge is 0.262 e. The van der Waals surface area contributed by atoms with Gasteiger partial charge in [-0.05, 0) is 33.8 Å². The van der Waals surface area contributed by atoms with Gasteiger partial charge in [-0.15, -0.1) is 0 Å². The fraction of sp³-hybridized carbons (Fsp3) is 0.286. The average Bonchev–Trinajstić information content (AvgIpc) is 2.80. The van der Waals surface area contributed by atoms with E-state index in [1.165, 1.54) is 10.4 Å². The number of rotatable bonds is 9. The molecule has 31 heavy (non-hydrogen) atoms. The molecule has 0 spiro atoms. The van der Waals surface area contributed by atoms with E-state index < -0.39 is 8.32 Å². The molecular formula is C28H34O2Si. The molecule has 0 unspecified atom stereocenters. The Balaban J connectivity index is 2.16. The maximum atomic E-state index is 9.18. The van der Waals surface area contributed by atoms with Crippen LogP contribution in [0.15, 0.2) is 103 Å². The summed E-state index contributed by atoms with van der Waals surface area (Å²) in [6.07, 6.45) is 5.75. The van der Waals surface area contributed by atoms with Gasteiger partial charge in [0.15, 0.2) is 0 Å². The Morgan fingerprint density at radius 1 is 0.806 bits per heavy atom. The topological polar surface area (TPSA) is 29.5 Å². The highest BCUT2D eigenvalue weighted by Crippen LogP contribution is 2.40. The minimum atomic E-state index is -2.66. The van der Waals surface area contributed by atoms with Gasteiger partial charge in [0.25, 0.3) is 8.32 Å². The van der Waals surface area contributed by atoms with Gasteiger partial charge in [-0.2, -0.15) is 0 Å². The Morgan fingerprint density at radius 2 is 1.29 bits per heavy atom. The normalized spacial score (nSPS) is 13.4. The van der Waals surface area contributed by atoms with Crippen molar-refractivity contribution in [2.24, 2.45) is 0 Å². The van der Waals surface area contributed by atoms with Crippen LogP contribution in [0.5, 0.6) is 0 Å². The van der Waals surface area contributed by atoms with Gasteiger partial charge in [-0.25, -0.2) is 0 Å². The van der Waals surface area contributed by atoms with Gasteiger partial charge in [-0.1, -0.05) is 124 Å². The highest BCUT2D eigenvalue weighted by molar-refractivity contribution is 6.99. The second kappa shape index (κ2) is 10.7. The van der Waals surface area contributed by atoms with E-state index in [9.17, 15) is 5.11 Å². The summed E-state index contributed by atoms with van der Waals surface area (Å²) in [7, 11) is -2.66. The first-order valence-electron chi connectivity index (χ1n) is 11.1. The van der Waals surface area contributed by atoms with Crippen molar-refractivity contribution in [1.29, 1.82) is 0 Å². The van der Waals surface area contributed by atoms with E-state index in [1.54, 1.807) is 0 Å². The number of benzene rings is 3. The van der Waals surface area contributed by atoms with E-state index in [0.717, 1.165) is 18.4 Å². The fourth-order valence-electron chi connectivity index (χ4n) is 4.17. The van der Waals surface area contributed by atoms with E-state index in [1.807, 2.05) is 6.07 Å². The molecule has 0 saturated carbocycles. The number of hydrogen-bond donors (Lipinski definition) is 1. The maximum absolute atomic E-state index is 9.18. The number of hydrogen-bond acceptors (Lipinski definition) is 2. The summed E-state index contributed by atoms with van der Waals surface area (Å²) in [6.45, 7) is 7.11. The average molecular weight is 431 g/mol. The second-order valence-corrected chi connectivity index (χ2v) is 13.2. The molecule has 0 bridgehead atoms. The van der Waals surface area contributed by atoms with Crippen LogP contribution in [0.1, 0.15) is 45.3 Å². The number of unbranched alkanes of at least 4 members (excludes halogenated alkanes) is 1. The molecule has 0 aliphatic carbocycles. The molecule has 1 N–H and O–H groups in total. The monoisotopic (exact) mass is 430 g/mol. The van der Waals surface area contributed by atoms with Gasteiger partial charge in [-0.3, -0.25) is 0 Å². The van der Waals surface area contributed by atoms with E-state index in [4.69, 9.17) is 4.43 Å². The van der Waals surface area contributed by atoms with Gasteiger partial charge in [0.05, 0.1) is 6.10 Å². The summed E-state index contributed by atoms with van der Waals surface area (Å²) < 4.78 is 7.33. The molecule has 0 aromatic heterocycles. The predicted octanol–water partition coefficient (Wildman–Crippen LogP) is 5.63. The zero-order valence-corrected chi connectivity index (χ0v) is 19.9. The van der Waals surface area contributed by atoms with Gasteiger partial charge in [0, 0.05) is 6.61 Å². The Morgan fingerprint density at radius 3 is 1.74 bits per heavy atom. The molecule has 3 heteroatoms. The van der Waals surface area contributed by atoms with Gasteiger partial charge in [0.2, 0.25) is 0 Å². The molecule has 0 aliphatic rings. The fourth-order valence-corrected chi connectivity index (χ4v) is 8.78. The molecule has 0 fully saturated rings. The predicted molar refractivity (Wildman–Crippen MR) is 133 cm³/mol. The summed E-state index contributed by atoms with van der Waals surface area (Å²) >= 11 is 0. The summed E-state index contributed by atoms with van der Waals surface area (Å²) in [5, 5.41) is 11.7. The zero-order valence-electron chi connectivity index (χ0n) is 18.9. The highest BCUT2D eigenvalue weighted by atomic mass is 28.4. The Bertz CT molecular complexity index is 892. The molecule has 3 aromatic rings. The van der Waals surface area contributed by atoms with Crippen LogP contribution in [0.2, 0.25) is 5.04 Å². The van der Waals surface area contributed by atoms with Crippen molar-refractivity contribution in [3.8, 4) is 0 Å². The summed E-state index contributed by atoms with van der Waals surface area (Å²) in [5.41, 5.74) is 1.15. The molecule has 0 saturated heterocycles. The third-order valence-electron chi connectivity index (χ3n) is 5.69. The van der Waals surface area contributed by atoms with E-state index in [0.29, 0.717) is 0 Å². The molecule has 0 radical (unpaired) electrons. The third-order valence-corrected chi connectivity index (χ3v) is 10.7. The summed E-state index contributed by atoms with van der Waals surface area (Å²) in [6, 6.07) is 31.9. The lowest BCUT2D eigenvalue weighted by atomic mass is 10.1. The lowest BCUT2D eigenvalue weighted by Crippen LogP contribution is -2.66. The number of aliphatic hydroxyl groups is 1. The lowest BCUT2D eigenvalue weighted by molar-refractivity contribution is 0.237. The lowest BCUT2D eigenvalue weighted by Gasteiger charge is -2.45. The number of aliphatic hydroxyl groups excluding tert-OH is 1. The minimum absolute atomic E-state index is 0.0817. The standard InChI is InChI=1S/C28H34O2Si/c1-28(2,3)31(25-18-10-5-11-19-25,26-20-12-6-13-21-26)30-27(22-14-7-15-23-29)24-16-8-4-9-17-24/h4-6,8-14,16-22,27,29H,7,15,23H2,1-3H3/b22-14-/t27-/m1/s1. The van der Waals surface area contributed by atoms with Crippen LogP contribution in [0.25, 0.3) is 0 Å². The first kappa shape index (κ1) is 23.2. The first-order valence-corrected chi connectivity index (χ1v) is 13.0. The van der Waals surface area contributed by atoms with Crippen LogP contribution in [0.3, 0.4) is 0 Å². The van der Waals surface area contributed by atoms with Crippen molar-refractivity contribution >= 4 is 18.7 Å². The first-order chi connectivity index (χ1) is 15.0. The molecule has 3 rings (SSSR count). The second-order valence-electron chi connectivity index (χ2n) is 8.91. The molecule has 2 nitrogen and oxygen atoms in total. The van der Waals surface area contributed by atoms with E-state index in [2.05, 4.69) is 118 Å². The SMILES string of the molecule is CC(C)(C)[Si](O[C@H](/C=C\CCCO)c1ccccc1)(c1ccccc1)c1ccccc1. The molecule has 3 aromatic carbocycles. The number of allylic oxidation sites excluding steroid dienone is 1. The molecule has 0 amide bonds. The Hall–Kier alpha value is -2.46. The van der Waals surface area contributed by atoms with Gasteiger partial charge >= 0.3 is 0 Å². The van der Waals surface area contributed by atoms with Crippen LogP contribution >= 0.6 is 0 Å². The van der Waals surface area contributed by atoms with E-state index >= 15 is 0 Å². The van der Waals surface area contributed by atoms with Crippen LogP contribution < -0.4 is 10.4 Å². The largest absolute Gasteiger partial charge is 0.397 e. The van der Waals surface area contributed by atoms with Crippen LogP contribution in [-0.2, 0) is 4.43 Å². The van der Waals surface area contributed by atoms with Crippen LogP contribution in [0, 0.1) is 0 Å². The van der Waals surface area contributed by atoms with Crippen molar-refractivity contribution < 1.29 is 9.53 Å². The minimum Gasteiger partial charge on any atom is -0.397 e. The third kappa shape index (κ3) is 5.42. The molecule has 1 atom stereocenters. The highest BCUT2D eigenvalue weighted by Gasteiger charge is 2.51. The Kier molecular flexibility index (Phi) is 8.02. The van der Waals surface area contributed by atoms with Crippen LogP contribution in [-0.4, -0.2) is 20.0 Å². The van der Waals surface area contributed by atoms with Crippen LogP contribution in [0.4, 0.5) is 0 Å². The van der Waals surface area contributed by atoms with Gasteiger partial charge in [0.1, 0.15) is 0 Å². The van der Waals surface area contributed by atoms with Crippen molar-refractivity contribution in [2.75, 3.05) is 6.61 Å². The molecule has 162 valence electrons. The van der Waals surface area contributed by atoms with Crippen molar-refractivity contribution in [3.05, 3.63) is 109 Å². The van der Waals surface area contributed by atoms with Crippen molar-refractivity contribution in [2.45, 2.75) is 44.8 Å². The molecule has 0 heterocycles.